The summed E-state index contributed by atoms with van der Waals surface area (Å²) in [5, 5.41) is 6.55. The zero-order valence-electron chi connectivity index (χ0n) is 13.5. The number of fused-ring (bicyclic) bond motifs is 1. The van der Waals surface area contributed by atoms with Gasteiger partial charge < -0.3 is 24.8 Å². The monoisotopic (exact) mass is 328 g/mol. The van der Waals surface area contributed by atoms with Gasteiger partial charge in [-0.1, -0.05) is 0 Å². The fourth-order valence-electron chi connectivity index (χ4n) is 2.84. The van der Waals surface area contributed by atoms with Crippen LogP contribution in [0.3, 0.4) is 0 Å². The molecule has 4 rings (SSSR count). The van der Waals surface area contributed by atoms with Crippen LogP contribution in [0, 0.1) is 6.92 Å². The van der Waals surface area contributed by atoms with Crippen molar-refractivity contribution in [2.75, 3.05) is 30.6 Å². The predicted octanol–water partition coefficient (Wildman–Crippen LogP) is 2.85. The van der Waals surface area contributed by atoms with E-state index in [9.17, 15) is 0 Å². The minimum Gasteiger partial charge on any atom is -0.454 e. The summed E-state index contributed by atoms with van der Waals surface area (Å²) >= 11 is 0. The zero-order chi connectivity index (χ0) is 16.4. The summed E-state index contributed by atoms with van der Waals surface area (Å²) < 4.78 is 16.3. The Kier molecular flexibility index (Phi) is 4.08. The lowest BCUT2D eigenvalue weighted by atomic mass is 10.2. The number of aromatic nitrogens is 2. The van der Waals surface area contributed by atoms with Crippen molar-refractivity contribution in [2.24, 2.45) is 0 Å². The number of rotatable bonds is 5. The molecule has 1 aromatic carbocycles. The maximum atomic E-state index is 5.63. The number of hydrogen-bond donors (Lipinski definition) is 2. The largest absolute Gasteiger partial charge is 0.454 e. The van der Waals surface area contributed by atoms with Crippen molar-refractivity contribution in [2.45, 2.75) is 25.9 Å². The zero-order valence-corrected chi connectivity index (χ0v) is 13.5. The average molecular weight is 328 g/mol. The van der Waals surface area contributed by atoms with Gasteiger partial charge in [0.2, 0.25) is 12.7 Å². The number of aryl methyl sites for hydroxylation is 1. The van der Waals surface area contributed by atoms with Gasteiger partial charge >= 0.3 is 0 Å². The summed E-state index contributed by atoms with van der Waals surface area (Å²) in [4.78, 5) is 8.96. The first-order valence-corrected chi connectivity index (χ1v) is 8.14. The van der Waals surface area contributed by atoms with E-state index in [-0.39, 0.29) is 12.9 Å². The van der Waals surface area contributed by atoms with Gasteiger partial charge in [0.15, 0.2) is 11.5 Å². The molecule has 0 spiro atoms. The topological polar surface area (TPSA) is 77.5 Å². The molecule has 2 N–H and O–H groups in total. The number of nitrogens with one attached hydrogen (secondary N) is 2. The fourth-order valence-corrected chi connectivity index (χ4v) is 2.84. The summed E-state index contributed by atoms with van der Waals surface area (Å²) in [6, 6.07) is 7.60. The van der Waals surface area contributed by atoms with Gasteiger partial charge in [-0.25, -0.2) is 4.98 Å². The molecule has 1 fully saturated rings. The molecule has 1 atom stereocenters. The maximum Gasteiger partial charge on any atom is 0.231 e. The lowest BCUT2D eigenvalue weighted by Gasteiger charge is -2.13. The van der Waals surface area contributed by atoms with Crippen LogP contribution in [0.25, 0.3) is 0 Å². The lowest BCUT2D eigenvalue weighted by molar-refractivity contribution is 0.120. The van der Waals surface area contributed by atoms with Crippen molar-refractivity contribution >= 4 is 17.5 Å². The van der Waals surface area contributed by atoms with Gasteiger partial charge in [0, 0.05) is 36.7 Å². The summed E-state index contributed by atoms with van der Waals surface area (Å²) in [6.45, 7) is 3.83. The molecule has 126 valence electrons. The number of ether oxygens (including phenoxy) is 3. The smallest absolute Gasteiger partial charge is 0.231 e. The number of benzene rings is 1. The Hall–Kier alpha value is -2.54. The summed E-state index contributed by atoms with van der Waals surface area (Å²) in [6.07, 6.45) is 2.50. The number of anilines is 3. The molecule has 0 radical (unpaired) electrons. The third kappa shape index (κ3) is 3.35. The number of hydrogen-bond acceptors (Lipinski definition) is 7. The minimum atomic E-state index is 0.261. The first-order valence-electron chi connectivity index (χ1n) is 8.14. The van der Waals surface area contributed by atoms with Crippen molar-refractivity contribution in [3.05, 3.63) is 30.0 Å². The second-order valence-electron chi connectivity index (χ2n) is 5.93. The molecule has 0 amide bonds. The second kappa shape index (κ2) is 6.52. The van der Waals surface area contributed by atoms with Crippen molar-refractivity contribution < 1.29 is 14.2 Å². The molecule has 1 unspecified atom stereocenters. The predicted molar refractivity (Wildman–Crippen MR) is 90.1 cm³/mol. The third-order valence-corrected chi connectivity index (χ3v) is 4.02. The molecule has 2 aliphatic heterocycles. The van der Waals surface area contributed by atoms with Gasteiger partial charge in [-0.15, -0.1) is 0 Å². The first kappa shape index (κ1) is 15.0. The SMILES string of the molecule is Cc1cc(NCC2CCCO2)nc(Nc2ccc3c(c2)OCO3)n1. The summed E-state index contributed by atoms with van der Waals surface area (Å²) in [5.41, 5.74) is 1.75. The van der Waals surface area contributed by atoms with Crippen molar-refractivity contribution in [1.82, 2.24) is 9.97 Å². The van der Waals surface area contributed by atoms with E-state index in [0.717, 1.165) is 54.7 Å². The summed E-state index contributed by atoms with van der Waals surface area (Å²) in [7, 11) is 0. The molecule has 0 bridgehead atoms. The van der Waals surface area contributed by atoms with Crippen molar-refractivity contribution in [3.63, 3.8) is 0 Å². The van der Waals surface area contributed by atoms with Crippen LogP contribution in [0.4, 0.5) is 17.5 Å². The highest BCUT2D eigenvalue weighted by Gasteiger charge is 2.16. The lowest BCUT2D eigenvalue weighted by Crippen LogP contribution is -2.19. The normalized spacial score (nSPS) is 18.6. The Morgan fingerprint density at radius 2 is 2.08 bits per heavy atom. The van der Waals surface area contributed by atoms with Crippen LogP contribution in [0.1, 0.15) is 18.5 Å². The molecule has 1 saturated heterocycles. The molecule has 1 aromatic heterocycles. The van der Waals surface area contributed by atoms with Gasteiger partial charge in [0.05, 0.1) is 6.10 Å². The first-order chi connectivity index (χ1) is 11.8. The Morgan fingerprint density at radius 1 is 1.17 bits per heavy atom. The molecule has 0 aliphatic carbocycles. The molecule has 2 aromatic rings. The Bertz CT molecular complexity index is 732. The second-order valence-corrected chi connectivity index (χ2v) is 5.93. The fraction of sp³-hybridized carbons (Fsp3) is 0.412. The van der Waals surface area contributed by atoms with Gasteiger partial charge in [-0.3, -0.25) is 0 Å². The standard InChI is InChI=1S/C17H20N4O3/c1-11-7-16(18-9-13-3-2-6-22-13)21-17(19-11)20-12-4-5-14-15(8-12)24-10-23-14/h4-5,7-8,13H,2-3,6,9-10H2,1H3,(H2,18,19,20,21). The molecule has 0 saturated carbocycles. The van der Waals surface area contributed by atoms with E-state index in [1.54, 1.807) is 0 Å². The molecule has 24 heavy (non-hydrogen) atoms. The Morgan fingerprint density at radius 3 is 2.96 bits per heavy atom. The highest BCUT2D eigenvalue weighted by molar-refractivity contribution is 5.61. The molecule has 2 aliphatic rings. The quantitative estimate of drug-likeness (QED) is 0.874. The molecule has 3 heterocycles. The molecule has 7 heteroatoms. The highest BCUT2D eigenvalue weighted by atomic mass is 16.7. The third-order valence-electron chi connectivity index (χ3n) is 4.02. The number of nitrogens with zero attached hydrogens (tertiary/aromatic N) is 2. The van der Waals surface area contributed by atoms with Gasteiger partial charge in [-0.2, -0.15) is 4.98 Å². The van der Waals surface area contributed by atoms with E-state index in [4.69, 9.17) is 14.2 Å². The maximum absolute atomic E-state index is 5.63. The van der Waals surface area contributed by atoms with Crippen LogP contribution >= 0.6 is 0 Å². The van der Waals surface area contributed by atoms with Gasteiger partial charge in [0.1, 0.15) is 5.82 Å². The highest BCUT2D eigenvalue weighted by Crippen LogP contribution is 2.34. The Balaban J connectivity index is 1.46. The van der Waals surface area contributed by atoms with Crippen LogP contribution in [0.5, 0.6) is 11.5 Å². The van der Waals surface area contributed by atoms with Crippen LogP contribution in [-0.4, -0.2) is 36.0 Å². The average Bonchev–Trinajstić information content (AvgIpc) is 3.23. The van der Waals surface area contributed by atoms with Gasteiger partial charge in [0.25, 0.3) is 0 Å². The minimum absolute atomic E-state index is 0.261. The van der Waals surface area contributed by atoms with E-state index in [1.165, 1.54) is 0 Å². The van der Waals surface area contributed by atoms with Crippen LogP contribution in [0.15, 0.2) is 24.3 Å². The van der Waals surface area contributed by atoms with Crippen LogP contribution in [-0.2, 0) is 4.74 Å². The van der Waals surface area contributed by atoms with Crippen LogP contribution in [0.2, 0.25) is 0 Å². The van der Waals surface area contributed by atoms with E-state index in [0.29, 0.717) is 5.95 Å². The van der Waals surface area contributed by atoms with E-state index < -0.39 is 0 Å². The van der Waals surface area contributed by atoms with E-state index >= 15 is 0 Å². The molecule has 7 nitrogen and oxygen atoms in total. The van der Waals surface area contributed by atoms with E-state index in [1.807, 2.05) is 31.2 Å². The van der Waals surface area contributed by atoms with Crippen LogP contribution < -0.4 is 20.1 Å². The molecular weight excluding hydrogens is 308 g/mol. The van der Waals surface area contributed by atoms with Gasteiger partial charge in [-0.05, 0) is 31.9 Å². The van der Waals surface area contributed by atoms with E-state index in [2.05, 4.69) is 20.6 Å². The molecular formula is C17H20N4O3. The van der Waals surface area contributed by atoms with Crippen molar-refractivity contribution in [1.29, 1.82) is 0 Å². The summed E-state index contributed by atoms with van der Waals surface area (Å²) in [5.74, 6) is 2.82. The Labute approximate surface area is 140 Å². The van der Waals surface area contributed by atoms with Crippen molar-refractivity contribution in [3.8, 4) is 11.5 Å².